The van der Waals surface area contributed by atoms with Crippen LogP contribution in [0.2, 0.25) is 0 Å². The van der Waals surface area contributed by atoms with E-state index in [1.807, 2.05) is 48.5 Å². The minimum Gasteiger partial charge on any atom is -0.740 e. The average Bonchev–Trinajstić information content (AvgIpc) is 3.14. The Balaban J connectivity index is 0.000000329. The summed E-state index contributed by atoms with van der Waals surface area (Å²) < 4.78 is 88.7. The quantitative estimate of drug-likeness (QED) is 0.116. The molecule has 0 bridgehead atoms. The molecule has 0 fully saturated rings. The van der Waals surface area contributed by atoms with Crippen LogP contribution >= 0.6 is 0 Å². The van der Waals surface area contributed by atoms with Gasteiger partial charge in [0.05, 0.1) is 40.9 Å². The number of benzene rings is 3. The molecule has 2 N–H and O–H groups in total. The van der Waals surface area contributed by atoms with Gasteiger partial charge in [-0.05, 0) is 58.8 Å². The SMILES string of the molecule is O=S([O-])Oc1ccc(-c2ccnc3c2ccc2c(-c4ccc(OS(=O)[O-])cn4)ccnc23)nc1.OC(CC(O)C(F)(F)F)c1ccc2ccccc2c1.[Eu].[Na+].[Na+]. The minimum absolute atomic E-state index is 0. The van der Waals surface area contributed by atoms with Gasteiger partial charge in [0.15, 0.2) is 17.6 Å². The fraction of sp³-hybridized carbons (Fsp3) is 0.111. The van der Waals surface area contributed by atoms with Crippen LogP contribution in [0.1, 0.15) is 18.1 Å². The van der Waals surface area contributed by atoms with Crippen molar-refractivity contribution in [1.82, 2.24) is 19.9 Å². The zero-order valence-corrected chi connectivity index (χ0v) is 37.4. The molecule has 7 rings (SSSR count). The van der Waals surface area contributed by atoms with E-state index in [-0.39, 0.29) is 120 Å². The maximum atomic E-state index is 12.2. The van der Waals surface area contributed by atoms with Crippen molar-refractivity contribution >= 4 is 55.3 Å². The summed E-state index contributed by atoms with van der Waals surface area (Å²) in [4.78, 5) is 17.7. The monoisotopic (exact) mass is 961 g/mol. The summed E-state index contributed by atoms with van der Waals surface area (Å²) >= 11 is -5.35. The first-order valence-corrected chi connectivity index (χ1v) is 17.4. The Labute approximate surface area is 407 Å². The molecule has 4 heterocycles. The van der Waals surface area contributed by atoms with E-state index in [2.05, 4.69) is 28.3 Å². The largest absolute Gasteiger partial charge is 1.00 e. The van der Waals surface area contributed by atoms with E-state index in [4.69, 9.17) is 5.11 Å². The van der Waals surface area contributed by atoms with Gasteiger partial charge in [0.1, 0.15) is 22.7 Å². The van der Waals surface area contributed by atoms with Crippen molar-refractivity contribution in [3.05, 3.63) is 121 Å². The predicted octanol–water partition coefficient (Wildman–Crippen LogP) is 0.447. The fourth-order valence-corrected chi connectivity index (χ4v) is 6.02. The van der Waals surface area contributed by atoms with E-state index in [0.717, 1.165) is 32.7 Å². The molecule has 4 atom stereocenters. The number of pyridine rings is 4. The summed E-state index contributed by atoms with van der Waals surface area (Å²) in [6, 6.07) is 26.1. The number of aliphatic hydroxyl groups excluding tert-OH is 2. The van der Waals surface area contributed by atoms with E-state index in [1.165, 1.54) is 24.5 Å². The zero-order valence-electron chi connectivity index (χ0n) is 29.3. The van der Waals surface area contributed by atoms with Gasteiger partial charge in [-0.2, -0.15) is 13.2 Å². The second-order valence-electron chi connectivity index (χ2n) is 11.3. The van der Waals surface area contributed by atoms with E-state index in [0.29, 0.717) is 28.0 Å². The smallest absolute Gasteiger partial charge is 0.740 e. The van der Waals surface area contributed by atoms with E-state index >= 15 is 0 Å². The van der Waals surface area contributed by atoms with Gasteiger partial charge in [-0.1, -0.05) is 48.5 Å². The summed E-state index contributed by atoms with van der Waals surface area (Å²) in [5.41, 5.74) is 4.47. The van der Waals surface area contributed by atoms with E-state index in [9.17, 15) is 35.8 Å². The number of aliphatic hydroxyl groups is 2. The molecule has 0 saturated carbocycles. The summed E-state index contributed by atoms with van der Waals surface area (Å²) in [5, 5.41) is 22.1. The number of fused-ring (bicyclic) bond motifs is 4. The van der Waals surface area contributed by atoms with Crippen molar-refractivity contribution in [1.29, 1.82) is 0 Å². The van der Waals surface area contributed by atoms with Crippen LogP contribution in [0.4, 0.5) is 13.2 Å². The third-order valence-corrected chi connectivity index (χ3v) is 8.61. The van der Waals surface area contributed by atoms with Crippen LogP contribution in [-0.4, -0.2) is 60.0 Å². The number of nitrogens with zero attached hydrogens (tertiary/aromatic N) is 4. The molecule has 0 aliphatic heterocycles. The third kappa shape index (κ3) is 12.3. The molecule has 0 saturated heterocycles. The Morgan fingerprint density at radius 2 is 1.14 bits per heavy atom. The van der Waals surface area contributed by atoms with Gasteiger partial charge in [0.25, 0.3) is 0 Å². The normalized spacial score (nSPS) is 13.1. The first kappa shape index (κ1) is 48.5. The Morgan fingerprint density at radius 3 is 1.57 bits per heavy atom. The van der Waals surface area contributed by atoms with Crippen molar-refractivity contribution in [3.63, 3.8) is 0 Å². The van der Waals surface area contributed by atoms with Crippen molar-refractivity contribution in [3.8, 4) is 34.0 Å². The molecule has 3 aromatic carbocycles. The molecule has 0 amide bonds. The molecule has 1 radical (unpaired) electrons. The van der Waals surface area contributed by atoms with Crippen LogP contribution in [-0.2, 0) is 22.7 Å². The second kappa shape index (κ2) is 22.0. The molecule has 12 nitrogen and oxygen atoms in total. The number of rotatable bonds is 9. The van der Waals surface area contributed by atoms with Crippen LogP contribution in [0.5, 0.6) is 11.5 Å². The standard InChI is InChI=1S/C22H14N4O6S2.C14H13F3O2.Eu.2Na/c27-33(28)31-13-1-5-19(25-11-13)15-7-9-23-21-17(15)3-4-18-16(8-10-24-22(18)21)20-6-2-14(12-26-20)32-34(29)30;15-14(16,17)13(19)8-12(18)11-6-5-9-3-1-2-4-10(9)7-11;;;/h1-12H,(H,27,28)(H,29,30);1-7,12-13,18-19H,8H2;;;/q;;;2*+1/p-2. The van der Waals surface area contributed by atoms with Gasteiger partial charge in [-0.3, -0.25) is 19.9 Å². The number of hydrogen-bond acceptors (Lipinski definition) is 12. The summed E-state index contributed by atoms with van der Waals surface area (Å²) in [5.74, 6) is 0.218. The van der Waals surface area contributed by atoms with Gasteiger partial charge in [-0.15, -0.1) is 0 Å². The Hall–Kier alpha value is -1.85. The van der Waals surface area contributed by atoms with Gasteiger partial charge < -0.3 is 27.7 Å². The van der Waals surface area contributed by atoms with Crippen LogP contribution in [0.15, 0.2) is 116 Å². The van der Waals surface area contributed by atoms with Gasteiger partial charge in [0.2, 0.25) is 0 Å². The van der Waals surface area contributed by atoms with Gasteiger partial charge in [-0.25, -0.2) is 8.42 Å². The molecule has 0 spiro atoms. The van der Waals surface area contributed by atoms with Gasteiger partial charge in [0, 0.05) is 90.1 Å². The maximum absolute atomic E-state index is 12.2. The zero-order chi connectivity index (χ0) is 37.7. The predicted molar refractivity (Wildman–Crippen MR) is 188 cm³/mol. The Kier molecular flexibility index (Phi) is 19.0. The first-order valence-electron chi connectivity index (χ1n) is 15.4. The van der Waals surface area contributed by atoms with Crippen LogP contribution in [0.3, 0.4) is 0 Å². The van der Waals surface area contributed by atoms with Crippen molar-refractivity contribution in [2.24, 2.45) is 0 Å². The maximum Gasteiger partial charge on any atom is 1.00 e. The average molecular weight is 961 g/mol. The molecule has 4 aromatic heterocycles. The van der Waals surface area contributed by atoms with Crippen molar-refractivity contribution in [2.75, 3.05) is 0 Å². The Bertz CT molecular complexity index is 2340. The van der Waals surface area contributed by atoms with Crippen molar-refractivity contribution < 1.29 is 158 Å². The number of alkyl halides is 3. The second-order valence-corrected chi connectivity index (χ2v) is 12.5. The molecule has 0 aliphatic rings. The topological polar surface area (TPSA) is 191 Å². The van der Waals surface area contributed by atoms with E-state index < -0.39 is 47.5 Å². The number of hydrogen-bond donors (Lipinski definition) is 2. The molecule has 0 aliphatic carbocycles. The van der Waals surface area contributed by atoms with Crippen LogP contribution in [0, 0.1) is 49.4 Å². The number of halogens is 3. The first-order chi connectivity index (χ1) is 25.4. The third-order valence-electron chi connectivity index (χ3n) is 7.96. The van der Waals surface area contributed by atoms with Crippen molar-refractivity contribution in [2.45, 2.75) is 24.8 Å². The fourth-order valence-electron chi connectivity index (χ4n) is 5.51. The minimum atomic E-state index is -4.71. The van der Waals surface area contributed by atoms with E-state index in [1.54, 1.807) is 42.7 Å². The van der Waals surface area contributed by atoms with Crippen LogP contribution in [0.25, 0.3) is 55.1 Å². The molecular formula is C36H25EuF3N4Na2O8S2. The van der Waals surface area contributed by atoms with Gasteiger partial charge >= 0.3 is 65.3 Å². The number of aromatic nitrogens is 4. The molecule has 7 aromatic rings. The summed E-state index contributed by atoms with van der Waals surface area (Å²) in [7, 11) is 0. The molecule has 4 unspecified atom stereocenters. The van der Waals surface area contributed by atoms with Crippen LogP contribution < -0.4 is 67.5 Å². The Morgan fingerprint density at radius 1 is 0.661 bits per heavy atom. The molecule has 20 heteroatoms. The molecular weight excluding hydrogens is 935 g/mol. The molecule has 279 valence electrons. The summed E-state index contributed by atoms with van der Waals surface area (Å²) in [6.07, 6.45) is -3.38. The molecule has 56 heavy (non-hydrogen) atoms. The summed E-state index contributed by atoms with van der Waals surface area (Å²) in [6.45, 7) is 0.